The highest BCUT2D eigenvalue weighted by molar-refractivity contribution is 5.94. The lowest BCUT2D eigenvalue weighted by atomic mass is 9.67. The molecule has 4 aliphatic carbocycles. The number of aromatic nitrogens is 2. The predicted octanol–water partition coefficient (Wildman–Crippen LogP) is 2.94. The largest absolute Gasteiger partial charge is 0.286 e. The number of carbonyl (C=O) groups excluding carboxylic acids is 1. The molecular formula is C19H28N4O. The van der Waals surface area contributed by atoms with Gasteiger partial charge in [-0.1, -0.05) is 6.42 Å². The van der Waals surface area contributed by atoms with Crippen molar-refractivity contribution in [3.8, 4) is 0 Å². The molecule has 1 amide bonds. The van der Waals surface area contributed by atoms with Gasteiger partial charge in [0.25, 0.3) is 5.91 Å². The number of piperidine rings is 1. The second kappa shape index (κ2) is 5.58. The van der Waals surface area contributed by atoms with Crippen molar-refractivity contribution in [3.05, 3.63) is 17.0 Å². The standard InChI is InChI=1S/C19H28N4O/c1-22-18-15-10-12-7-13(11-15)9-14(8-12)16(18)17(20-22)19(24)21-23-5-3-2-4-6-23/h12-15H,2-11H2,1H3,(H,21,24). The van der Waals surface area contributed by atoms with Crippen LogP contribution in [-0.2, 0) is 7.05 Å². The number of amides is 1. The van der Waals surface area contributed by atoms with Crippen LogP contribution >= 0.6 is 0 Å². The summed E-state index contributed by atoms with van der Waals surface area (Å²) in [6.45, 7) is 1.94. The van der Waals surface area contributed by atoms with Crippen LogP contribution in [0.25, 0.3) is 0 Å². The first-order chi connectivity index (χ1) is 11.7. The van der Waals surface area contributed by atoms with E-state index in [1.807, 2.05) is 11.7 Å². The predicted molar refractivity (Wildman–Crippen MR) is 91.6 cm³/mol. The normalized spacial score (nSPS) is 34.9. The van der Waals surface area contributed by atoms with Crippen molar-refractivity contribution in [2.45, 2.75) is 63.2 Å². The van der Waals surface area contributed by atoms with Gasteiger partial charge in [0.15, 0.2) is 5.69 Å². The summed E-state index contributed by atoms with van der Waals surface area (Å²) in [5, 5.41) is 6.79. The van der Waals surface area contributed by atoms with Crippen LogP contribution in [0.2, 0.25) is 0 Å². The fourth-order valence-electron chi connectivity index (χ4n) is 6.12. The third-order valence-corrected chi connectivity index (χ3v) is 6.89. The van der Waals surface area contributed by atoms with Crippen LogP contribution in [0.4, 0.5) is 0 Å². The van der Waals surface area contributed by atoms with Crippen LogP contribution in [0.15, 0.2) is 0 Å². The number of nitrogens with zero attached hydrogens (tertiary/aromatic N) is 3. The Morgan fingerprint density at radius 2 is 1.67 bits per heavy atom. The summed E-state index contributed by atoms with van der Waals surface area (Å²) in [6, 6.07) is 0. The third kappa shape index (κ3) is 2.32. The fraction of sp³-hybridized carbons (Fsp3) is 0.789. The Morgan fingerprint density at radius 3 is 2.38 bits per heavy atom. The first-order valence-electron chi connectivity index (χ1n) is 9.81. The molecule has 6 rings (SSSR count). The van der Waals surface area contributed by atoms with Gasteiger partial charge in [-0.3, -0.25) is 14.9 Å². The number of aryl methyl sites for hydroxylation is 1. The number of nitrogens with one attached hydrogen (secondary N) is 1. The summed E-state index contributed by atoms with van der Waals surface area (Å²) in [5.41, 5.74) is 6.55. The second-order valence-electron chi connectivity index (χ2n) is 8.56. The van der Waals surface area contributed by atoms with Gasteiger partial charge in [0.1, 0.15) is 0 Å². The highest BCUT2D eigenvalue weighted by Gasteiger charge is 2.45. The molecule has 2 atom stereocenters. The number of rotatable bonds is 2. The molecule has 2 saturated carbocycles. The van der Waals surface area contributed by atoms with Gasteiger partial charge in [-0.15, -0.1) is 0 Å². The molecule has 3 fully saturated rings. The van der Waals surface area contributed by atoms with E-state index in [2.05, 4.69) is 10.4 Å². The van der Waals surface area contributed by atoms with Crippen LogP contribution in [-0.4, -0.2) is 33.8 Å². The van der Waals surface area contributed by atoms with E-state index in [9.17, 15) is 4.79 Å². The first kappa shape index (κ1) is 14.9. The van der Waals surface area contributed by atoms with Gasteiger partial charge in [-0.05, 0) is 62.7 Å². The monoisotopic (exact) mass is 328 g/mol. The molecule has 5 aliphatic rings. The van der Waals surface area contributed by atoms with Gasteiger partial charge in [0.05, 0.1) is 0 Å². The minimum atomic E-state index is 0.0231. The van der Waals surface area contributed by atoms with Crippen LogP contribution in [0.1, 0.15) is 84.9 Å². The maximum atomic E-state index is 13.0. The van der Waals surface area contributed by atoms with Crippen LogP contribution < -0.4 is 5.43 Å². The zero-order chi connectivity index (χ0) is 16.3. The molecule has 4 bridgehead atoms. The maximum Gasteiger partial charge on any atom is 0.286 e. The molecule has 2 heterocycles. The SMILES string of the molecule is Cn1nc(C(=O)NN2CCCCC2)c2c1C1CC3CC(CC2C3)C1. The summed E-state index contributed by atoms with van der Waals surface area (Å²) in [5.74, 6) is 2.96. The zero-order valence-electron chi connectivity index (χ0n) is 14.6. The molecular weight excluding hydrogens is 300 g/mol. The number of hydrazine groups is 1. The summed E-state index contributed by atoms with van der Waals surface area (Å²) in [6.07, 6.45) is 10.2. The van der Waals surface area contributed by atoms with E-state index < -0.39 is 0 Å². The van der Waals surface area contributed by atoms with E-state index in [0.29, 0.717) is 11.8 Å². The number of hydrogen-bond acceptors (Lipinski definition) is 3. The Balaban J connectivity index is 1.48. The van der Waals surface area contributed by atoms with Crippen molar-refractivity contribution in [2.24, 2.45) is 18.9 Å². The molecule has 0 radical (unpaired) electrons. The fourth-order valence-corrected chi connectivity index (χ4v) is 6.12. The molecule has 1 N–H and O–H groups in total. The van der Waals surface area contributed by atoms with E-state index in [0.717, 1.165) is 30.6 Å². The maximum absolute atomic E-state index is 13.0. The van der Waals surface area contributed by atoms with Gasteiger partial charge in [0, 0.05) is 37.3 Å². The van der Waals surface area contributed by atoms with Crippen molar-refractivity contribution in [2.75, 3.05) is 13.1 Å². The zero-order valence-corrected chi connectivity index (χ0v) is 14.6. The molecule has 1 saturated heterocycles. The van der Waals surface area contributed by atoms with Crippen LogP contribution in [0.5, 0.6) is 0 Å². The molecule has 1 aromatic heterocycles. The molecule has 1 aromatic rings. The van der Waals surface area contributed by atoms with Gasteiger partial charge in [-0.2, -0.15) is 5.10 Å². The molecule has 130 valence electrons. The van der Waals surface area contributed by atoms with E-state index in [1.165, 1.54) is 62.6 Å². The number of carbonyl (C=O) groups is 1. The lowest BCUT2D eigenvalue weighted by Gasteiger charge is -2.38. The minimum Gasteiger partial charge on any atom is -0.283 e. The molecule has 5 nitrogen and oxygen atoms in total. The first-order valence-corrected chi connectivity index (χ1v) is 9.81. The van der Waals surface area contributed by atoms with Gasteiger partial charge in [0.2, 0.25) is 0 Å². The van der Waals surface area contributed by atoms with Crippen molar-refractivity contribution < 1.29 is 4.79 Å². The Bertz CT molecular complexity index is 647. The van der Waals surface area contributed by atoms with E-state index in [4.69, 9.17) is 5.10 Å². The molecule has 24 heavy (non-hydrogen) atoms. The summed E-state index contributed by atoms with van der Waals surface area (Å²) >= 11 is 0. The summed E-state index contributed by atoms with van der Waals surface area (Å²) in [4.78, 5) is 13.0. The van der Waals surface area contributed by atoms with Crippen molar-refractivity contribution >= 4 is 5.91 Å². The highest BCUT2D eigenvalue weighted by atomic mass is 16.2. The number of hydrogen-bond donors (Lipinski definition) is 1. The van der Waals surface area contributed by atoms with Gasteiger partial charge in [-0.25, -0.2) is 5.01 Å². The Morgan fingerprint density at radius 1 is 1.00 bits per heavy atom. The van der Waals surface area contributed by atoms with Crippen molar-refractivity contribution in [1.82, 2.24) is 20.2 Å². The average molecular weight is 328 g/mol. The van der Waals surface area contributed by atoms with Crippen LogP contribution in [0.3, 0.4) is 0 Å². The second-order valence-corrected chi connectivity index (χ2v) is 8.56. The summed E-state index contributed by atoms with van der Waals surface area (Å²) < 4.78 is 2.04. The third-order valence-electron chi connectivity index (χ3n) is 6.89. The van der Waals surface area contributed by atoms with E-state index in [-0.39, 0.29) is 5.91 Å². The summed E-state index contributed by atoms with van der Waals surface area (Å²) in [7, 11) is 2.04. The Labute approximate surface area is 143 Å². The lowest BCUT2D eigenvalue weighted by Crippen LogP contribution is -2.45. The van der Waals surface area contributed by atoms with Crippen molar-refractivity contribution in [1.29, 1.82) is 0 Å². The average Bonchev–Trinajstić information content (AvgIpc) is 2.82. The molecule has 0 aromatic carbocycles. The van der Waals surface area contributed by atoms with E-state index in [1.54, 1.807) is 0 Å². The lowest BCUT2D eigenvalue weighted by molar-refractivity contribution is 0.0741. The molecule has 1 aliphatic heterocycles. The Kier molecular flexibility index (Phi) is 3.47. The molecule has 0 spiro atoms. The quantitative estimate of drug-likeness (QED) is 0.908. The van der Waals surface area contributed by atoms with Crippen molar-refractivity contribution in [3.63, 3.8) is 0 Å². The minimum absolute atomic E-state index is 0.0231. The Hall–Kier alpha value is -1.36. The topological polar surface area (TPSA) is 50.2 Å². The highest BCUT2D eigenvalue weighted by Crippen LogP contribution is 2.56. The van der Waals surface area contributed by atoms with Crippen LogP contribution in [0, 0.1) is 11.8 Å². The molecule has 5 heteroatoms. The smallest absolute Gasteiger partial charge is 0.283 e. The van der Waals surface area contributed by atoms with Gasteiger partial charge >= 0.3 is 0 Å². The molecule has 2 unspecified atom stereocenters. The van der Waals surface area contributed by atoms with Gasteiger partial charge < -0.3 is 0 Å². The van der Waals surface area contributed by atoms with E-state index >= 15 is 0 Å².